The molecule has 0 amide bonds. The van der Waals surface area contributed by atoms with E-state index in [0.29, 0.717) is 0 Å². The van der Waals surface area contributed by atoms with E-state index in [9.17, 15) is 0 Å². The van der Waals surface area contributed by atoms with Crippen molar-refractivity contribution in [3.8, 4) is 5.88 Å². The first kappa shape index (κ1) is 8.56. The Morgan fingerprint density at radius 2 is 2.62 bits per heavy atom. The van der Waals surface area contributed by atoms with Crippen LogP contribution in [0.2, 0.25) is 0 Å². The fourth-order valence-electron chi connectivity index (χ4n) is 1.52. The Morgan fingerprint density at radius 1 is 1.69 bits per heavy atom. The van der Waals surface area contributed by atoms with Crippen molar-refractivity contribution in [3.63, 3.8) is 0 Å². The minimum atomic E-state index is 0.738. The van der Waals surface area contributed by atoms with Crippen molar-refractivity contribution in [1.29, 1.82) is 0 Å². The molecule has 0 bridgehead atoms. The van der Waals surface area contributed by atoms with Crippen LogP contribution in [0, 0.1) is 0 Å². The van der Waals surface area contributed by atoms with E-state index in [-0.39, 0.29) is 0 Å². The highest BCUT2D eigenvalue weighted by Crippen LogP contribution is 2.19. The highest BCUT2D eigenvalue weighted by atomic mass is 16.5. The molecule has 2 rings (SSSR count). The van der Waals surface area contributed by atoms with Gasteiger partial charge in [-0.05, 0) is 6.42 Å². The first-order chi connectivity index (χ1) is 6.42. The highest BCUT2D eigenvalue weighted by Gasteiger charge is 2.13. The summed E-state index contributed by atoms with van der Waals surface area (Å²) in [6.07, 6.45) is 2.98. The molecule has 1 aliphatic heterocycles. The zero-order valence-electron chi connectivity index (χ0n) is 7.92. The number of fused-ring (bicyclic) bond motifs is 1. The van der Waals surface area contributed by atoms with Crippen LogP contribution in [0.4, 0.5) is 0 Å². The first-order valence-electron chi connectivity index (χ1n) is 4.80. The lowest BCUT2D eigenvalue weighted by Gasteiger charge is -2.06. The Bertz CT molecular complexity index is 282. The van der Waals surface area contributed by atoms with Crippen LogP contribution in [0.5, 0.6) is 5.88 Å². The van der Waals surface area contributed by atoms with Crippen LogP contribution in [0.1, 0.15) is 18.9 Å². The first-order valence-corrected chi connectivity index (χ1v) is 4.80. The number of nitrogens with one attached hydrogen (secondary N) is 1. The number of hydrogen-bond donors (Lipinski definition) is 1. The number of aromatic nitrogens is 2. The van der Waals surface area contributed by atoms with Gasteiger partial charge >= 0.3 is 0 Å². The van der Waals surface area contributed by atoms with Gasteiger partial charge in [-0.1, -0.05) is 6.92 Å². The molecule has 1 aliphatic rings. The minimum absolute atomic E-state index is 0.738. The zero-order valence-corrected chi connectivity index (χ0v) is 7.92. The molecule has 0 aromatic carbocycles. The van der Waals surface area contributed by atoms with Gasteiger partial charge in [0, 0.05) is 25.2 Å². The Labute approximate surface area is 77.9 Å². The second kappa shape index (κ2) is 3.79. The monoisotopic (exact) mass is 181 g/mol. The summed E-state index contributed by atoms with van der Waals surface area (Å²) < 4.78 is 7.56. The topological polar surface area (TPSA) is 39.1 Å². The summed E-state index contributed by atoms with van der Waals surface area (Å²) in [7, 11) is 0. The van der Waals surface area contributed by atoms with Crippen molar-refractivity contribution in [2.75, 3.05) is 13.2 Å². The minimum Gasteiger partial charge on any atom is -0.476 e. The fraction of sp³-hybridized carbons (Fsp3) is 0.667. The van der Waals surface area contributed by atoms with Gasteiger partial charge in [0.25, 0.3) is 0 Å². The van der Waals surface area contributed by atoms with Crippen LogP contribution in [0.15, 0.2) is 6.20 Å². The largest absolute Gasteiger partial charge is 0.476 e. The van der Waals surface area contributed by atoms with Crippen LogP contribution < -0.4 is 10.1 Å². The molecular formula is C9H15N3O. The summed E-state index contributed by atoms with van der Waals surface area (Å²) in [6.45, 7) is 5.61. The third kappa shape index (κ3) is 1.67. The van der Waals surface area contributed by atoms with Crippen LogP contribution in [-0.2, 0) is 13.1 Å². The van der Waals surface area contributed by atoms with E-state index in [2.05, 4.69) is 17.3 Å². The SMILES string of the molecule is CCCn1ncc2c1OCCNC2. The van der Waals surface area contributed by atoms with Crippen molar-refractivity contribution in [2.45, 2.75) is 26.4 Å². The Morgan fingerprint density at radius 3 is 3.46 bits per heavy atom. The van der Waals surface area contributed by atoms with Gasteiger partial charge in [-0.25, -0.2) is 4.68 Å². The predicted octanol–water partition coefficient (Wildman–Crippen LogP) is 0.775. The summed E-state index contributed by atoms with van der Waals surface area (Å²) >= 11 is 0. The number of aryl methyl sites for hydroxylation is 1. The van der Waals surface area contributed by atoms with Crippen LogP contribution in [-0.4, -0.2) is 22.9 Å². The molecule has 0 spiro atoms. The van der Waals surface area contributed by atoms with Crippen LogP contribution in [0.3, 0.4) is 0 Å². The summed E-state index contributed by atoms with van der Waals surface area (Å²) in [5.74, 6) is 0.951. The molecule has 2 heterocycles. The standard InChI is InChI=1S/C9H15N3O/c1-2-4-12-9-8(7-11-12)6-10-3-5-13-9/h7,10H,2-6H2,1H3. The van der Waals surface area contributed by atoms with Crippen molar-refractivity contribution in [3.05, 3.63) is 11.8 Å². The number of rotatable bonds is 2. The average molecular weight is 181 g/mol. The summed E-state index contributed by atoms with van der Waals surface area (Å²) in [5.41, 5.74) is 1.17. The van der Waals surface area contributed by atoms with Gasteiger partial charge < -0.3 is 10.1 Å². The normalized spacial score (nSPS) is 16.1. The molecule has 4 heteroatoms. The molecule has 0 saturated carbocycles. The van der Waals surface area contributed by atoms with E-state index in [1.807, 2.05) is 10.9 Å². The molecule has 4 nitrogen and oxygen atoms in total. The molecule has 1 aromatic heterocycles. The van der Waals surface area contributed by atoms with Crippen LogP contribution in [0.25, 0.3) is 0 Å². The van der Waals surface area contributed by atoms with E-state index >= 15 is 0 Å². The molecule has 72 valence electrons. The summed E-state index contributed by atoms with van der Waals surface area (Å²) in [5, 5.41) is 7.56. The molecule has 0 fully saturated rings. The third-order valence-corrected chi connectivity index (χ3v) is 2.13. The molecule has 0 atom stereocenters. The maximum absolute atomic E-state index is 5.61. The van der Waals surface area contributed by atoms with Crippen LogP contribution >= 0.6 is 0 Å². The number of nitrogens with zero attached hydrogens (tertiary/aromatic N) is 2. The average Bonchev–Trinajstić information content (AvgIpc) is 2.38. The molecule has 1 aromatic rings. The quantitative estimate of drug-likeness (QED) is 0.732. The fourth-order valence-corrected chi connectivity index (χ4v) is 1.52. The van der Waals surface area contributed by atoms with E-state index in [4.69, 9.17) is 4.74 Å². The highest BCUT2D eigenvalue weighted by molar-refractivity contribution is 5.24. The summed E-state index contributed by atoms with van der Waals surface area (Å²) in [4.78, 5) is 0. The van der Waals surface area contributed by atoms with Gasteiger partial charge in [0.05, 0.1) is 6.20 Å². The molecule has 0 saturated heterocycles. The Hall–Kier alpha value is -1.03. The molecular weight excluding hydrogens is 166 g/mol. The van der Waals surface area contributed by atoms with Gasteiger partial charge in [0.1, 0.15) is 6.61 Å². The van der Waals surface area contributed by atoms with E-state index in [0.717, 1.165) is 38.5 Å². The van der Waals surface area contributed by atoms with Gasteiger partial charge in [-0.2, -0.15) is 5.10 Å². The van der Waals surface area contributed by atoms with E-state index in [1.54, 1.807) is 0 Å². The van der Waals surface area contributed by atoms with Gasteiger partial charge in [0.15, 0.2) is 0 Å². The second-order valence-electron chi connectivity index (χ2n) is 3.22. The van der Waals surface area contributed by atoms with Crippen molar-refractivity contribution < 1.29 is 4.74 Å². The lowest BCUT2D eigenvalue weighted by atomic mass is 10.3. The Balaban J connectivity index is 2.23. The summed E-state index contributed by atoms with van der Waals surface area (Å²) in [6, 6.07) is 0. The lowest BCUT2D eigenvalue weighted by molar-refractivity contribution is 0.290. The third-order valence-electron chi connectivity index (χ3n) is 2.13. The van der Waals surface area contributed by atoms with Crippen molar-refractivity contribution in [1.82, 2.24) is 15.1 Å². The van der Waals surface area contributed by atoms with E-state index in [1.165, 1.54) is 5.56 Å². The van der Waals surface area contributed by atoms with E-state index < -0.39 is 0 Å². The molecule has 0 aliphatic carbocycles. The van der Waals surface area contributed by atoms with Gasteiger partial charge in [-0.15, -0.1) is 0 Å². The van der Waals surface area contributed by atoms with Crippen molar-refractivity contribution >= 4 is 0 Å². The smallest absolute Gasteiger partial charge is 0.216 e. The Kier molecular flexibility index (Phi) is 2.49. The number of ether oxygens (including phenoxy) is 1. The maximum atomic E-state index is 5.61. The molecule has 1 N–H and O–H groups in total. The molecule has 13 heavy (non-hydrogen) atoms. The maximum Gasteiger partial charge on any atom is 0.216 e. The number of hydrogen-bond acceptors (Lipinski definition) is 3. The second-order valence-corrected chi connectivity index (χ2v) is 3.22. The van der Waals surface area contributed by atoms with Gasteiger partial charge in [-0.3, -0.25) is 0 Å². The van der Waals surface area contributed by atoms with Crippen molar-refractivity contribution in [2.24, 2.45) is 0 Å². The zero-order chi connectivity index (χ0) is 9.10. The molecule has 0 unspecified atom stereocenters. The molecule has 0 radical (unpaired) electrons. The lowest BCUT2D eigenvalue weighted by Crippen LogP contribution is -2.16. The predicted molar refractivity (Wildman–Crippen MR) is 49.7 cm³/mol. The van der Waals surface area contributed by atoms with Gasteiger partial charge in [0.2, 0.25) is 5.88 Å².